The lowest BCUT2D eigenvalue weighted by atomic mass is 10.0. The second-order valence-corrected chi connectivity index (χ2v) is 4.32. The van der Waals surface area contributed by atoms with Crippen LogP contribution in [0.1, 0.15) is 13.8 Å². The van der Waals surface area contributed by atoms with Crippen LogP contribution in [0.15, 0.2) is 42.5 Å². The summed E-state index contributed by atoms with van der Waals surface area (Å²) in [6.07, 6.45) is 0.0156. The van der Waals surface area contributed by atoms with Crippen LogP contribution in [-0.4, -0.2) is 11.2 Å². The smallest absolute Gasteiger partial charge is 0.127 e. The number of phenols is 1. The molecule has 2 nitrogen and oxygen atoms in total. The van der Waals surface area contributed by atoms with Crippen LogP contribution in [-0.2, 0) is 0 Å². The minimum Gasteiger partial charge on any atom is -0.507 e. The van der Waals surface area contributed by atoms with E-state index in [9.17, 15) is 9.50 Å². The predicted molar refractivity (Wildman–Crippen MR) is 69.3 cm³/mol. The summed E-state index contributed by atoms with van der Waals surface area (Å²) in [5, 5.41) is 9.82. The Balaban J connectivity index is 2.53. The number of hydrogen-bond donors (Lipinski definition) is 1. The first-order valence-corrected chi connectivity index (χ1v) is 5.82. The van der Waals surface area contributed by atoms with Crippen LogP contribution in [0.25, 0.3) is 11.1 Å². The Morgan fingerprint density at radius 2 is 1.78 bits per heavy atom. The lowest BCUT2D eigenvalue weighted by Crippen LogP contribution is -2.06. The predicted octanol–water partition coefficient (Wildman–Crippen LogP) is 3.99. The number of rotatable bonds is 3. The summed E-state index contributed by atoms with van der Waals surface area (Å²) in [5.41, 5.74) is 1.12. The van der Waals surface area contributed by atoms with Crippen LogP contribution >= 0.6 is 0 Å². The first-order valence-electron chi connectivity index (χ1n) is 5.82. The molecule has 0 bridgehead atoms. The van der Waals surface area contributed by atoms with Gasteiger partial charge in [-0.15, -0.1) is 0 Å². The standard InChI is InChI=1S/C15H15FO2/c1-10(2)18-15-6-4-3-5-12(15)13-9-11(16)7-8-14(13)17/h3-10,17H,1-2H3. The molecule has 0 unspecified atom stereocenters. The number of para-hydroxylation sites is 1. The summed E-state index contributed by atoms with van der Waals surface area (Å²) >= 11 is 0. The van der Waals surface area contributed by atoms with E-state index in [-0.39, 0.29) is 17.7 Å². The highest BCUT2D eigenvalue weighted by Crippen LogP contribution is 2.36. The lowest BCUT2D eigenvalue weighted by molar-refractivity contribution is 0.243. The van der Waals surface area contributed by atoms with Gasteiger partial charge in [-0.1, -0.05) is 18.2 Å². The van der Waals surface area contributed by atoms with Gasteiger partial charge in [0.05, 0.1) is 6.10 Å². The summed E-state index contributed by atoms with van der Waals surface area (Å²) < 4.78 is 18.9. The minimum absolute atomic E-state index is 0.0156. The SMILES string of the molecule is CC(C)Oc1ccccc1-c1cc(F)ccc1O. The Kier molecular flexibility index (Phi) is 3.51. The Bertz CT molecular complexity index is 550. The van der Waals surface area contributed by atoms with Crippen molar-refractivity contribution in [2.75, 3.05) is 0 Å². The van der Waals surface area contributed by atoms with Gasteiger partial charge in [0.1, 0.15) is 17.3 Å². The molecule has 0 amide bonds. The van der Waals surface area contributed by atoms with Crippen molar-refractivity contribution in [3.05, 3.63) is 48.3 Å². The maximum atomic E-state index is 13.3. The number of ether oxygens (including phenoxy) is 1. The number of aromatic hydroxyl groups is 1. The van der Waals surface area contributed by atoms with E-state index >= 15 is 0 Å². The first-order chi connectivity index (χ1) is 8.58. The van der Waals surface area contributed by atoms with Gasteiger partial charge in [-0.2, -0.15) is 0 Å². The molecular formula is C15H15FO2. The molecule has 3 heteroatoms. The summed E-state index contributed by atoms with van der Waals surface area (Å²) in [4.78, 5) is 0. The van der Waals surface area contributed by atoms with Gasteiger partial charge < -0.3 is 9.84 Å². The van der Waals surface area contributed by atoms with Gasteiger partial charge in [0.2, 0.25) is 0 Å². The third kappa shape index (κ3) is 2.62. The molecule has 0 spiro atoms. The zero-order valence-corrected chi connectivity index (χ0v) is 10.4. The summed E-state index contributed by atoms with van der Waals surface area (Å²) in [5.74, 6) is 0.284. The van der Waals surface area contributed by atoms with Crippen molar-refractivity contribution in [1.29, 1.82) is 0 Å². The highest BCUT2D eigenvalue weighted by atomic mass is 19.1. The molecule has 2 aromatic carbocycles. The van der Waals surface area contributed by atoms with Crippen molar-refractivity contribution in [3.63, 3.8) is 0 Å². The Labute approximate surface area is 106 Å². The fourth-order valence-corrected chi connectivity index (χ4v) is 1.77. The van der Waals surface area contributed by atoms with Gasteiger partial charge in [0, 0.05) is 11.1 Å². The number of halogens is 1. The molecule has 0 fully saturated rings. The van der Waals surface area contributed by atoms with E-state index in [1.807, 2.05) is 26.0 Å². The molecule has 0 aliphatic heterocycles. The molecule has 0 atom stereocenters. The molecular weight excluding hydrogens is 231 g/mol. The highest BCUT2D eigenvalue weighted by molar-refractivity contribution is 5.75. The van der Waals surface area contributed by atoms with Crippen LogP contribution in [0.4, 0.5) is 4.39 Å². The molecule has 94 valence electrons. The molecule has 0 saturated carbocycles. The maximum absolute atomic E-state index is 13.3. The lowest BCUT2D eigenvalue weighted by Gasteiger charge is -2.15. The summed E-state index contributed by atoms with van der Waals surface area (Å²) in [6, 6.07) is 11.1. The summed E-state index contributed by atoms with van der Waals surface area (Å²) in [6.45, 7) is 3.84. The average molecular weight is 246 g/mol. The first kappa shape index (κ1) is 12.4. The van der Waals surface area contributed by atoms with Gasteiger partial charge in [0.25, 0.3) is 0 Å². The van der Waals surface area contributed by atoms with Crippen molar-refractivity contribution < 1.29 is 14.2 Å². The number of benzene rings is 2. The summed E-state index contributed by atoms with van der Waals surface area (Å²) in [7, 11) is 0. The van der Waals surface area contributed by atoms with Crippen molar-refractivity contribution in [2.24, 2.45) is 0 Å². The molecule has 0 saturated heterocycles. The third-order valence-corrected chi connectivity index (χ3v) is 2.50. The monoisotopic (exact) mass is 246 g/mol. The van der Waals surface area contributed by atoms with Crippen LogP contribution in [0.3, 0.4) is 0 Å². The fourth-order valence-electron chi connectivity index (χ4n) is 1.77. The zero-order valence-electron chi connectivity index (χ0n) is 10.4. The van der Waals surface area contributed by atoms with Gasteiger partial charge in [0.15, 0.2) is 0 Å². The van der Waals surface area contributed by atoms with E-state index in [1.54, 1.807) is 12.1 Å². The second-order valence-electron chi connectivity index (χ2n) is 4.32. The van der Waals surface area contributed by atoms with E-state index in [0.29, 0.717) is 16.9 Å². The zero-order chi connectivity index (χ0) is 13.1. The van der Waals surface area contributed by atoms with E-state index < -0.39 is 0 Å². The van der Waals surface area contributed by atoms with E-state index in [2.05, 4.69) is 0 Å². The maximum Gasteiger partial charge on any atom is 0.127 e. The van der Waals surface area contributed by atoms with E-state index in [0.717, 1.165) is 0 Å². The quantitative estimate of drug-likeness (QED) is 0.887. The highest BCUT2D eigenvalue weighted by Gasteiger charge is 2.11. The Hall–Kier alpha value is -2.03. The molecule has 18 heavy (non-hydrogen) atoms. The van der Waals surface area contributed by atoms with Crippen molar-refractivity contribution in [2.45, 2.75) is 20.0 Å². The largest absolute Gasteiger partial charge is 0.507 e. The average Bonchev–Trinajstić information content (AvgIpc) is 2.32. The van der Waals surface area contributed by atoms with Crippen molar-refractivity contribution in [1.82, 2.24) is 0 Å². The minimum atomic E-state index is -0.387. The normalized spacial score (nSPS) is 10.7. The topological polar surface area (TPSA) is 29.5 Å². The molecule has 0 radical (unpaired) electrons. The van der Waals surface area contributed by atoms with Gasteiger partial charge >= 0.3 is 0 Å². The van der Waals surface area contributed by atoms with Crippen LogP contribution in [0, 0.1) is 5.82 Å². The van der Waals surface area contributed by atoms with E-state index in [4.69, 9.17) is 4.74 Å². The molecule has 0 aliphatic carbocycles. The number of hydrogen-bond acceptors (Lipinski definition) is 2. The molecule has 1 N–H and O–H groups in total. The Morgan fingerprint density at radius 3 is 2.50 bits per heavy atom. The molecule has 2 aromatic rings. The second kappa shape index (κ2) is 5.08. The van der Waals surface area contributed by atoms with Crippen LogP contribution in [0.2, 0.25) is 0 Å². The van der Waals surface area contributed by atoms with Crippen LogP contribution in [0.5, 0.6) is 11.5 Å². The van der Waals surface area contributed by atoms with Crippen molar-refractivity contribution >= 4 is 0 Å². The van der Waals surface area contributed by atoms with Gasteiger partial charge in [-0.3, -0.25) is 0 Å². The third-order valence-electron chi connectivity index (χ3n) is 2.50. The molecule has 0 aliphatic rings. The molecule has 0 aromatic heterocycles. The number of phenolic OH excluding ortho intramolecular Hbond substituents is 1. The van der Waals surface area contributed by atoms with Gasteiger partial charge in [-0.25, -0.2) is 4.39 Å². The van der Waals surface area contributed by atoms with Crippen LogP contribution < -0.4 is 4.74 Å². The molecule has 0 heterocycles. The fraction of sp³-hybridized carbons (Fsp3) is 0.200. The Morgan fingerprint density at radius 1 is 1.06 bits per heavy atom. The van der Waals surface area contributed by atoms with Gasteiger partial charge in [-0.05, 0) is 38.1 Å². The molecule has 2 rings (SSSR count). The van der Waals surface area contributed by atoms with E-state index in [1.165, 1.54) is 18.2 Å². The van der Waals surface area contributed by atoms with Crippen molar-refractivity contribution in [3.8, 4) is 22.6 Å².